The van der Waals surface area contributed by atoms with Gasteiger partial charge in [-0.05, 0) is 56.7 Å². The smallest absolute Gasteiger partial charge is 0.338 e. The van der Waals surface area contributed by atoms with Crippen LogP contribution in [0, 0.1) is 12.3 Å². The van der Waals surface area contributed by atoms with Crippen molar-refractivity contribution in [3.63, 3.8) is 0 Å². The predicted octanol–water partition coefficient (Wildman–Crippen LogP) is 4.30. The molecule has 0 amide bonds. The molecule has 0 fully saturated rings. The number of carbonyl (C=O) groups excluding carboxylic acids is 1. The minimum Gasteiger partial charge on any atom is -0.497 e. The molecule has 118 valence electrons. The van der Waals surface area contributed by atoms with Crippen LogP contribution in [0.25, 0.3) is 11.1 Å². The number of carbonyl (C=O) groups is 1. The average molecular weight is 308 g/mol. The standard InChI is InChI=1S/C20H20O3/c1-6-14-11-12-17(22-5)13-18(14)15-7-9-16(10-8-15)19(21)23-20(2,3)4/h1,7-13H,2-5H3. The van der Waals surface area contributed by atoms with Crippen molar-refractivity contribution in [3.05, 3.63) is 53.6 Å². The van der Waals surface area contributed by atoms with Gasteiger partial charge in [0.05, 0.1) is 12.7 Å². The molecule has 0 N–H and O–H groups in total. The van der Waals surface area contributed by atoms with Crippen LogP contribution in [0.3, 0.4) is 0 Å². The van der Waals surface area contributed by atoms with Gasteiger partial charge >= 0.3 is 5.97 Å². The summed E-state index contributed by atoms with van der Waals surface area (Å²) in [4.78, 5) is 12.1. The Morgan fingerprint density at radius 1 is 1.09 bits per heavy atom. The van der Waals surface area contributed by atoms with Gasteiger partial charge in [0, 0.05) is 11.1 Å². The van der Waals surface area contributed by atoms with Gasteiger partial charge in [-0.15, -0.1) is 6.42 Å². The lowest BCUT2D eigenvalue weighted by atomic mass is 9.98. The Balaban J connectivity index is 2.33. The maximum Gasteiger partial charge on any atom is 0.338 e. The number of rotatable bonds is 3. The molecule has 0 aliphatic carbocycles. The summed E-state index contributed by atoms with van der Waals surface area (Å²) in [5.41, 5.74) is 2.58. The lowest BCUT2D eigenvalue weighted by Gasteiger charge is -2.19. The molecule has 0 unspecified atom stereocenters. The van der Waals surface area contributed by atoms with Crippen LogP contribution in [-0.4, -0.2) is 18.7 Å². The van der Waals surface area contributed by atoms with Crippen molar-refractivity contribution in [2.24, 2.45) is 0 Å². The molecule has 23 heavy (non-hydrogen) atoms. The molecule has 2 aromatic carbocycles. The molecule has 0 aromatic heterocycles. The van der Waals surface area contributed by atoms with E-state index in [0.717, 1.165) is 22.4 Å². The minimum absolute atomic E-state index is 0.341. The van der Waals surface area contributed by atoms with Crippen LogP contribution in [0.4, 0.5) is 0 Å². The highest BCUT2D eigenvalue weighted by Gasteiger charge is 2.17. The third-order valence-corrected chi connectivity index (χ3v) is 3.21. The zero-order valence-electron chi connectivity index (χ0n) is 13.8. The summed E-state index contributed by atoms with van der Waals surface area (Å²) >= 11 is 0. The Hall–Kier alpha value is -2.73. The van der Waals surface area contributed by atoms with Crippen LogP contribution in [0.5, 0.6) is 5.75 Å². The first-order chi connectivity index (χ1) is 10.8. The van der Waals surface area contributed by atoms with E-state index in [1.165, 1.54) is 0 Å². The van der Waals surface area contributed by atoms with Crippen LogP contribution >= 0.6 is 0 Å². The third-order valence-electron chi connectivity index (χ3n) is 3.21. The Morgan fingerprint density at radius 2 is 1.74 bits per heavy atom. The van der Waals surface area contributed by atoms with Gasteiger partial charge < -0.3 is 9.47 Å². The molecule has 0 heterocycles. The van der Waals surface area contributed by atoms with E-state index < -0.39 is 5.60 Å². The summed E-state index contributed by atoms with van der Waals surface area (Å²) in [5, 5.41) is 0. The van der Waals surface area contributed by atoms with E-state index in [4.69, 9.17) is 15.9 Å². The highest BCUT2D eigenvalue weighted by Crippen LogP contribution is 2.28. The first kappa shape index (κ1) is 16.6. The van der Waals surface area contributed by atoms with Crippen LogP contribution in [-0.2, 0) is 4.74 Å². The van der Waals surface area contributed by atoms with Gasteiger partial charge in [0.2, 0.25) is 0 Å². The molecule has 2 rings (SSSR count). The predicted molar refractivity (Wildman–Crippen MR) is 91.5 cm³/mol. The monoisotopic (exact) mass is 308 g/mol. The van der Waals surface area contributed by atoms with Crippen molar-refractivity contribution in [1.29, 1.82) is 0 Å². The van der Waals surface area contributed by atoms with Crippen molar-refractivity contribution in [3.8, 4) is 29.2 Å². The van der Waals surface area contributed by atoms with Crippen molar-refractivity contribution in [2.75, 3.05) is 7.11 Å². The van der Waals surface area contributed by atoms with Crippen molar-refractivity contribution in [1.82, 2.24) is 0 Å². The molecule has 3 nitrogen and oxygen atoms in total. The lowest BCUT2D eigenvalue weighted by molar-refractivity contribution is 0.00696. The van der Waals surface area contributed by atoms with E-state index in [2.05, 4.69) is 5.92 Å². The number of hydrogen-bond acceptors (Lipinski definition) is 3. The van der Waals surface area contributed by atoms with Crippen LogP contribution in [0.2, 0.25) is 0 Å². The molecule has 0 aliphatic heterocycles. The number of methoxy groups -OCH3 is 1. The molecule has 0 atom stereocenters. The first-order valence-corrected chi connectivity index (χ1v) is 7.32. The average Bonchev–Trinajstić information content (AvgIpc) is 2.52. The second-order valence-corrected chi connectivity index (χ2v) is 6.14. The summed E-state index contributed by atoms with van der Waals surface area (Å²) in [6.45, 7) is 5.53. The van der Waals surface area contributed by atoms with Crippen LogP contribution in [0.1, 0.15) is 36.7 Å². The molecule has 0 spiro atoms. The normalized spacial score (nSPS) is 10.7. The van der Waals surface area contributed by atoms with Crippen molar-refractivity contribution < 1.29 is 14.3 Å². The number of terminal acetylenes is 1. The Kier molecular flexibility index (Phi) is 4.76. The zero-order chi connectivity index (χ0) is 17.0. The van der Waals surface area contributed by atoms with Gasteiger partial charge in [0.15, 0.2) is 0 Å². The van der Waals surface area contributed by atoms with Gasteiger partial charge in [0.1, 0.15) is 11.4 Å². The summed E-state index contributed by atoms with van der Waals surface area (Å²) in [6, 6.07) is 12.7. The molecule has 2 aromatic rings. The molecule has 0 radical (unpaired) electrons. The number of benzene rings is 2. The fourth-order valence-corrected chi connectivity index (χ4v) is 2.14. The number of ether oxygens (including phenoxy) is 2. The SMILES string of the molecule is C#Cc1ccc(OC)cc1-c1ccc(C(=O)OC(C)(C)C)cc1. The Morgan fingerprint density at radius 3 is 2.26 bits per heavy atom. The Bertz CT molecular complexity index is 744. The van der Waals surface area contributed by atoms with E-state index in [9.17, 15) is 4.79 Å². The van der Waals surface area contributed by atoms with Gasteiger partial charge in [-0.2, -0.15) is 0 Å². The van der Waals surface area contributed by atoms with Gasteiger partial charge in [0.25, 0.3) is 0 Å². The van der Waals surface area contributed by atoms with Crippen LogP contribution in [0.15, 0.2) is 42.5 Å². The fourth-order valence-electron chi connectivity index (χ4n) is 2.14. The topological polar surface area (TPSA) is 35.5 Å². The van der Waals surface area contributed by atoms with Crippen molar-refractivity contribution >= 4 is 5.97 Å². The minimum atomic E-state index is -0.515. The summed E-state index contributed by atoms with van der Waals surface area (Å²) < 4.78 is 10.6. The van der Waals surface area contributed by atoms with Gasteiger partial charge in [-0.25, -0.2) is 4.79 Å². The molecular weight excluding hydrogens is 288 g/mol. The van der Waals surface area contributed by atoms with E-state index in [0.29, 0.717) is 5.56 Å². The largest absolute Gasteiger partial charge is 0.497 e. The summed E-state index contributed by atoms with van der Waals surface area (Å²) in [6.07, 6.45) is 5.56. The molecule has 0 saturated carbocycles. The highest BCUT2D eigenvalue weighted by molar-refractivity contribution is 5.90. The number of esters is 1. The molecular formula is C20H20O3. The van der Waals surface area contributed by atoms with E-state index in [1.54, 1.807) is 19.2 Å². The molecule has 0 bridgehead atoms. The second kappa shape index (κ2) is 6.58. The zero-order valence-corrected chi connectivity index (χ0v) is 13.8. The van der Waals surface area contributed by atoms with Crippen LogP contribution < -0.4 is 4.74 Å². The summed E-state index contributed by atoms with van der Waals surface area (Å²) in [7, 11) is 1.61. The third kappa shape index (κ3) is 4.14. The quantitative estimate of drug-likeness (QED) is 0.626. The maximum atomic E-state index is 12.1. The Labute approximate surface area is 137 Å². The second-order valence-electron chi connectivity index (χ2n) is 6.14. The van der Waals surface area contributed by atoms with E-state index >= 15 is 0 Å². The van der Waals surface area contributed by atoms with Gasteiger partial charge in [-0.3, -0.25) is 0 Å². The van der Waals surface area contributed by atoms with Crippen molar-refractivity contribution in [2.45, 2.75) is 26.4 Å². The first-order valence-electron chi connectivity index (χ1n) is 7.32. The summed E-state index contributed by atoms with van der Waals surface area (Å²) in [5.74, 6) is 3.06. The highest BCUT2D eigenvalue weighted by atomic mass is 16.6. The molecule has 3 heteroatoms. The maximum absolute atomic E-state index is 12.1. The molecule has 0 saturated heterocycles. The van der Waals surface area contributed by atoms with E-state index in [-0.39, 0.29) is 5.97 Å². The molecule has 0 aliphatic rings. The van der Waals surface area contributed by atoms with E-state index in [1.807, 2.05) is 51.1 Å². The number of hydrogen-bond donors (Lipinski definition) is 0. The van der Waals surface area contributed by atoms with Gasteiger partial charge in [-0.1, -0.05) is 18.1 Å². The fraction of sp³-hybridized carbons (Fsp3) is 0.250. The lowest BCUT2D eigenvalue weighted by Crippen LogP contribution is -2.23.